The molecule has 1 radical (unpaired) electrons. The van der Waals surface area contributed by atoms with Crippen molar-refractivity contribution in [3.8, 4) is 11.4 Å². The predicted molar refractivity (Wildman–Crippen MR) is 120 cm³/mol. The van der Waals surface area contributed by atoms with Crippen LogP contribution in [-0.4, -0.2) is 49.8 Å². The van der Waals surface area contributed by atoms with Crippen LogP contribution in [0.4, 0.5) is 0 Å². The van der Waals surface area contributed by atoms with Gasteiger partial charge in [0.15, 0.2) is 0 Å². The van der Waals surface area contributed by atoms with Crippen LogP contribution in [0, 0.1) is 0 Å². The van der Waals surface area contributed by atoms with Crippen LogP contribution in [0.5, 0.6) is 0 Å². The molecule has 6 N–H and O–H groups in total. The van der Waals surface area contributed by atoms with Crippen LogP contribution >= 0.6 is 24.4 Å². The average Bonchev–Trinajstić information content (AvgIpc) is 3.46. The average molecular weight is 501 g/mol. The molecule has 0 aliphatic rings. The van der Waals surface area contributed by atoms with Gasteiger partial charge in [0.25, 0.3) is 0 Å². The number of rotatable bonds is 2. The van der Waals surface area contributed by atoms with Crippen LogP contribution in [0.3, 0.4) is 0 Å². The molecule has 0 aliphatic heterocycles. The zero-order valence-corrected chi connectivity index (χ0v) is 18.6. The van der Waals surface area contributed by atoms with E-state index in [-0.39, 0.29) is 28.0 Å². The van der Waals surface area contributed by atoms with Crippen molar-refractivity contribution in [2.24, 2.45) is 0 Å². The van der Waals surface area contributed by atoms with Gasteiger partial charge < -0.3 is 21.8 Å². The second-order valence-corrected chi connectivity index (χ2v) is 4.71. The van der Waals surface area contributed by atoms with Crippen LogP contribution in [0.15, 0.2) is 74.4 Å². The maximum Gasteiger partial charge on any atom is 2.00 e. The molecular formula is C16H18MnN10O2S2+2. The first-order chi connectivity index (χ1) is 13.8. The van der Waals surface area contributed by atoms with Gasteiger partial charge in [0.1, 0.15) is 25.3 Å². The minimum absolute atomic E-state index is 0. The third-order valence-electron chi connectivity index (χ3n) is 2.73. The normalized spacial score (nSPS) is 7.48. The fourth-order valence-electron chi connectivity index (χ4n) is 1.68. The number of thiocarbonyl (C=S) groups is 2. The Morgan fingerprint density at radius 2 is 0.968 bits per heavy atom. The summed E-state index contributed by atoms with van der Waals surface area (Å²) in [4.78, 5) is 7.93. The van der Waals surface area contributed by atoms with Gasteiger partial charge in [0.2, 0.25) is 0 Å². The van der Waals surface area contributed by atoms with E-state index in [2.05, 4.69) is 54.8 Å². The zero-order chi connectivity index (χ0) is 20.5. The fourth-order valence-corrected chi connectivity index (χ4v) is 1.68. The summed E-state index contributed by atoms with van der Waals surface area (Å²) in [6.45, 7) is 0. The van der Waals surface area contributed by atoms with Crippen LogP contribution in [0.2, 0.25) is 0 Å². The molecule has 4 aromatic rings. The van der Waals surface area contributed by atoms with Gasteiger partial charge in [0.05, 0.1) is 23.8 Å². The van der Waals surface area contributed by atoms with E-state index in [0.29, 0.717) is 0 Å². The van der Waals surface area contributed by atoms with Crippen molar-refractivity contribution in [2.45, 2.75) is 0 Å². The van der Waals surface area contributed by atoms with Crippen LogP contribution in [-0.2, 0) is 28.0 Å². The molecular weight excluding hydrogens is 483 g/mol. The summed E-state index contributed by atoms with van der Waals surface area (Å²) < 4.78 is 3.60. The molecule has 0 spiro atoms. The molecule has 4 aromatic heterocycles. The number of isothiocyanates is 2. The van der Waals surface area contributed by atoms with E-state index in [1.54, 1.807) is 59.2 Å². The van der Waals surface area contributed by atoms with Crippen molar-refractivity contribution in [3.63, 3.8) is 0 Å². The Kier molecular flexibility index (Phi) is 22.2. The molecule has 161 valence electrons. The van der Waals surface area contributed by atoms with Crippen LogP contribution in [0.25, 0.3) is 22.2 Å². The first-order valence-electron chi connectivity index (χ1n) is 7.29. The molecule has 4 heterocycles. The molecule has 31 heavy (non-hydrogen) atoms. The Hall–Kier alpha value is -3.38. The van der Waals surface area contributed by atoms with Crippen LogP contribution in [0.1, 0.15) is 0 Å². The van der Waals surface area contributed by atoms with Crippen molar-refractivity contribution in [1.29, 1.82) is 0 Å². The molecule has 0 unspecified atom stereocenters. The maximum atomic E-state index is 7.13. The van der Waals surface area contributed by atoms with E-state index in [0.717, 1.165) is 11.4 Å². The van der Waals surface area contributed by atoms with Gasteiger partial charge in [-0.1, -0.05) is 24.4 Å². The molecule has 0 fully saturated rings. The molecule has 0 saturated carbocycles. The number of nitrogens with zero attached hydrogens (tertiary/aromatic N) is 10. The zero-order valence-electron chi connectivity index (χ0n) is 15.7. The predicted octanol–water partition coefficient (Wildman–Crippen LogP) is 0.795. The first-order valence-corrected chi connectivity index (χ1v) is 8.11. The van der Waals surface area contributed by atoms with Crippen molar-refractivity contribution in [1.82, 2.24) is 39.5 Å². The number of pyridine rings is 2. The number of hydrogen-bond acceptors (Lipinski definition) is 8. The van der Waals surface area contributed by atoms with Crippen molar-refractivity contribution in [2.75, 3.05) is 0 Å². The third kappa shape index (κ3) is 13.5. The van der Waals surface area contributed by atoms with Gasteiger partial charge in [-0.25, -0.2) is 0 Å². The molecule has 0 aromatic carbocycles. The van der Waals surface area contributed by atoms with E-state index in [1.165, 1.54) is 10.3 Å². The Labute approximate surface area is 198 Å². The molecule has 12 nitrogen and oxygen atoms in total. The fraction of sp³-hybridized carbons (Fsp3) is 0. The first kappa shape index (κ1) is 32.3. The van der Waals surface area contributed by atoms with Crippen molar-refractivity contribution in [3.05, 3.63) is 85.2 Å². The summed E-state index contributed by atoms with van der Waals surface area (Å²) in [7, 11) is 0. The van der Waals surface area contributed by atoms with Gasteiger partial charge in [-0.2, -0.15) is 10.3 Å². The van der Waals surface area contributed by atoms with E-state index >= 15 is 0 Å². The van der Waals surface area contributed by atoms with E-state index in [9.17, 15) is 0 Å². The summed E-state index contributed by atoms with van der Waals surface area (Å²) >= 11 is 7.40. The maximum absolute atomic E-state index is 7.13. The number of aromatic nitrogens is 8. The summed E-state index contributed by atoms with van der Waals surface area (Å²) in [6.07, 6.45) is 13.5. The van der Waals surface area contributed by atoms with Crippen molar-refractivity contribution < 1.29 is 28.0 Å². The molecule has 0 saturated heterocycles. The van der Waals surface area contributed by atoms with Crippen LogP contribution < -0.4 is 0 Å². The topological polar surface area (TPSA) is 198 Å². The minimum atomic E-state index is 0. The Morgan fingerprint density at radius 1 is 0.677 bits per heavy atom. The SMILES string of the molecule is [Mn+2].[N-]=C=S.[N-]=C=S.[OH3+].[OH3+].c1cncc(-n2cnnc2)c1.c1cncc(-n2cnnc2)c1. The molecule has 0 atom stereocenters. The standard InChI is InChI=1S/2C7H6N4.2CNS.Mn.2H2O/c2*1-2-7(4-8-3-1)11-5-9-10-6-11;2*2-1-3;;;/h2*1-6H;;;;2*1H2/q;;2*-1;+2;;/p+2. The summed E-state index contributed by atoms with van der Waals surface area (Å²) in [6, 6.07) is 7.62. The molecule has 0 aliphatic carbocycles. The monoisotopic (exact) mass is 501 g/mol. The molecule has 4 rings (SSSR count). The van der Waals surface area contributed by atoms with Gasteiger partial charge in [-0.3, -0.25) is 19.1 Å². The Morgan fingerprint density at radius 3 is 1.19 bits per heavy atom. The molecule has 0 amide bonds. The Balaban J connectivity index is -0.000000376. The molecule has 0 bridgehead atoms. The molecule has 15 heteroatoms. The summed E-state index contributed by atoms with van der Waals surface area (Å²) in [5.41, 5.74) is 1.94. The second-order valence-electron chi connectivity index (χ2n) is 4.34. The minimum Gasteiger partial charge on any atom is -0.753 e. The largest absolute Gasteiger partial charge is 2.00 e. The van der Waals surface area contributed by atoms with Gasteiger partial charge >= 0.3 is 17.1 Å². The van der Waals surface area contributed by atoms with Gasteiger partial charge in [0, 0.05) is 12.4 Å². The second kappa shape index (κ2) is 21.3. The van der Waals surface area contributed by atoms with Gasteiger partial charge in [-0.05, 0) is 24.3 Å². The summed E-state index contributed by atoms with van der Waals surface area (Å²) in [5.74, 6) is 0. The Bertz CT molecular complexity index is 881. The van der Waals surface area contributed by atoms with E-state index < -0.39 is 0 Å². The van der Waals surface area contributed by atoms with E-state index in [1.807, 2.05) is 24.3 Å². The smallest absolute Gasteiger partial charge is 0.753 e. The van der Waals surface area contributed by atoms with Crippen molar-refractivity contribution >= 4 is 34.8 Å². The number of hydrogen-bond donors (Lipinski definition) is 0. The summed E-state index contributed by atoms with van der Waals surface area (Å²) in [5, 5.41) is 31.7. The third-order valence-corrected chi connectivity index (χ3v) is 2.73. The van der Waals surface area contributed by atoms with E-state index in [4.69, 9.17) is 10.8 Å². The van der Waals surface area contributed by atoms with Gasteiger partial charge in [-0.15, -0.1) is 20.4 Å². The quantitative estimate of drug-likeness (QED) is 0.166.